The summed E-state index contributed by atoms with van der Waals surface area (Å²) in [6, 6.07) is 11.8. The Hall–Kier alpha value is -2.28. The first kappa shape index (κ1) is 14.6. The van der Waals surface area contributed by atoms with Gasteiger partial charge in [0.25, 0.3) is 0 Å². The first-order valence-corrected chi connectivity index (χ1v) is 7.53. The molecule has 0 saturated carbocycles. The summed E-state index contributed by atoms with van der Waals surface area (Å²) in [5.74, 6) is -0.110. The quantitative estimate of drug-likeness (QED) is 0.734. The predicted molar refractivity (Wildman–Crippen MR) is 87.8 cm³/mol. The van der Waals surface area contributed by atoms with Gasteiger partial charge in [0.1, 0.15) is 5.69 Å². The lowest BCUT2D eigenvalue weighted by atomic mass is 10.2. The van der Waals surface area contributed by atoms with Gasteiger partial charge in [0.15, 0.2) is 11.3 Å². The number of carbonyl (C=O) groups is 1. The molecule has 2 heterocycles. The lowest BCUT2D eigenvalue weighted by Gasteiger charge is -2.23. The lowest BCUT2D eigenvalue weighted by molar-refractivity contribution is -0.137. The Morgan fingerprint density at radius 1 is 1.32 bits per heavy atom. The molecule has 3 rings (SSSR count). The average Bonchev–Trinajstić information content (AvgIpc) is 2.88. The number of amidine groups is 1. The number of hydrogen-bond acceptors (Lipinski definition) is 6. The van der Waals surface area contributed by atoms with Crippen molar-refractivity contribution in [3.63, 3.8) is 0 Å². The first-order chi connectivity index (χ1) is 10.6. The van der Waals surface area contributed by atoms with Crippen LogP contribution in [0.5, 0.6) is 0 Å². The smallest absolute Gasteiger partial charge is 0.303 e. The van der Waals surface area contributed by atoms with Gasteiger partial charge in [-0.05, 0) is 18.6 Å². The molecule has 1 aromatic heterocycles. The Morgan fingerprint density at radius 2 is 2.14 bits per heavy atom. The van der Waals surface area contributed by atoms with Crippen LogP contribution in [0.25, 0.3) is 10.9 Å². The molecule has 0 saturated heterocycles. The minimum absolute atomic E-state index is 0.120. The van der Waals surface area contributed by atoms with Gasteiger partial charge >= 0.3 is 5.97 Å². The van der Waals surface area contributed by atoms with Crippen molar-refractivity contribution in [2.75, 3.05) is 6.54 Å². The number of carboxylic acids is 1. The molecule has 2 N–H and O–H groups in total. The second kappa shape index (κ2) is 6.23. The number of aromatic nitrogens is 1. The molecule has 1 unspecified atom stereocenters. The molecule has 1 aliphatic rings. The predicted octanol–water partition coefficient (Wildman–Crippen LogP) is 1.88. The standard InChI is InChI=1S/C15H16N4O2S/c20-13(21)6-3-9-19-14(17-18-15(19)22)12-8-7-10-4-1-2-5-11(10)16-12/h1-2,4-5,7-8,15,18,22H,3,6,9H2,(H,20,21). The van der Waals surface area contributed by atoms with Gasteiger partial charge in [0.2, 0.25) is 0 Å². The number of carboxylic acid groups (broad SMARTS) is 1. The Bertz CT molecular complexity index is 734. The summed E-state index contributed by atoms with van der Waals surface area (Å²) in [7, 11) is 0. The fourth-order valence-corrected chi connectivity index (χ4v) is 2.67. The molecule has 114 valence electrons. The van der Waals surface area contributed by atoms with Crippen molar-refractivity contribution in [3.05, 3.63) is 42.1 Å². The zero-order valence-electron chi connectivity index (χ0n) is 11.8. The summed E-state index contributed by atoms with van der Waals surface area (Å²) in [4.78, 5) is 17.2. The summed E-state index contributed by atoms with van der Waals surface area (Å²) >= 11 is 4.42. The Balaban J connectivity index is 1.82. The topological polar surface area (TPSA) is 77.8 Å². The van der Waals surface area contributed by atoms with Crippen LogP contribution < -0.4 is 5.43 Å². The molecule has 0 amide bonds. The number of hydrogen-bond donors (Lipinski definition) is 3. The summed E-state index contributed by atoms with van der Waals surface area (Å²) in [6.45, 7) is 0.556. The molecule has 0 aliphatic carbocycles. The van der Waals surface area contributed by atoms with Crippen molar-refractivity contribution in [1.29, 1.82) is 0 Å². The van der Waals surface area contributed by atoms with Gasteiger partial charge in [-0.3, -0.25) is 10.2 Å². The van der Waals surface area contributed by atoms with Crippen LogP contribution >= 0.6 is 12.6 Å². The second-order valence-electron chi connectivity index (χ2n) is 5.02. The number of benzene rings is 1. The minimum atomic E-state index is -0.801. The van der Waals surface area contributed by atoms with Crippen molar-refractivity contribution in [3.8, 4) is 0 Å². The van der Waals surface area contributed by atoms with Crippen molar-refractivity contribution in [1.82, 2.24) is 15.3 Å². The van der Waals surface area contributed by atoms with Crippen molar-refractivity contribution in [2.24, 2.45) is 5.10 Å². The van der Waals surface area contributed by atoms with E-state index in [-0.39, 0.29) is 11.9 Å². The lowest BCUT2D eigenvalue weighted by Crippen LogP contribution is -2.37. The molecule has 6 nitrogen and oxygen atoms in total. The van der Waals surface area contributed by atoms with E-state index in [4.69, 9.17) is 5.11 Å². The Labute approximate surface area is 133 Å². The van der Waals surface area contributed by atoms with Gasteiger partial charge in [0.05, 0.1) is 5.52 Å². The third-order valence-electron chi connectivity index (χ3n) is 3.47. The van der Waals surface area contributed by atoms with E-state index in [1.54, 1.807) is 0 Å². The number of nitrogens with zero attached hydrogens (tertiary/aromatic N) is 3. The van der Waals surface area contributed by atoms with Crippen LogP contribution in [-0.4, -0.2) is 38.8 Å². The molecule has 0 bridgehead atoms. The zero-order valence-corrected chi connectivity index (χ0v) is 12.7. The maximum absolute atomic E-state index is 10.7. The Kier molecular flexibility index (Phi) is 4.15. The highest BCUT2D eigenvalue weighted by atomic mass is 32.1. The van der Waals surface area contributed by atoms with Crippen LogP contribution in [0.4, 0.5) is 0 Å². The maximum Gasteiger partial charge on any atom is 0.303 e. The van der Waals surface area contributed by atoms with E-state index in [0.29, 0.717) is 18.8 Å². The molecule has 0 radical (unpaired) electrons. The van der Waals surface area contributed by atoms with E-state index in [1.807, 2.05) is 41.3 Å². The summed E-state index contributed by atoms with van der Waals surface area (Å²) in [5, 5.41) is 14.1. The number of pyridine rings is 1. The third-order valence-corrected chi connectivity index (χ3v) is 3.86. The minimum Gasteiger partial charge on any atom is -0.481 e. The second-order valence-corrected chi connectivity index (χ2v) is 5.51. The van der Waals surface area contributed by atoms with Crippen molar-refractivity contribution in [2.45, 2.75) is 18.3 Å². The number of fused-ring (bicyclic) bond motifs is 1. The van der Waals surface area contributed by atoms with Crippen LogP contribution in [-0.2, 0) is 4.79 Å². The molecule has 2 aromatic rings. The van der Waals surface area contributed by atoms with Crippen LogP contribution in [0, 0.1) is 0 Å². The summed E-state index contributed by atoms with van der Waals surface area (Å²) in [5.41, 5.74) is 4.28. The zero-order chi connectivity index (χ0) is 15.5. The van der Waals surface area contributed by atoms with Gasteiger partial charge in [-0.2, -0.15) is 5.10 Å². The molecule has 1 aliphatic heterocycles. The number of hydrazone groups is 1. The van der Waals surface area contributed by atoms with E-state index in [0.717, 1.165) is 16.6 Å². The molecule has 0 fully saturated rings. The number of thiol groups is 1. The molecule has 1 atom stereocenters. The monoisotopic (exact) mass is 316 g/mol. The first-order valence-electron chi connectivity index (χ1n) is 7.01. The van der Waals surface area contributed by atoms with Crippen molar-refractivity contribution >= 4 is 35.3 Å². The van der Waals surface area contributed by atoms with Crippen molar-refractivity contribution < 1.29 is 9.90 Å². The molecule has 7 heteroatoms. The number of rotatable bonds is 5. The van der Waals surface area contributed by atoms with Crippen LogP contribution in [0.15, 0.2) is 41.5 Å². The molecule has 0 spiro atoms. The van der Waals surface area contributed by atoms with E-state index in [1.165, 1.54) is 0 Å². The van der Waals surface area contributed by atoms with Gasteiger partial charge in [-0.1, -0.05) is 24.3 Å². The highest BCUT2D eigenvalue weighted by Gasteiger charge is 2.26. The third kappa shape index (κ3) is 2.99. The van der Waals surface area contributed by atoms with E-state index in [9.17, 15) is 4.79 Å². The largest absolute Gasteiger partial charge is 0.481 e. The molecule has 1 aromatic carbocycles. The van der Waals surface area contributed by atoms with Crippen LogP contribution in [0.3, 0.4) is 0 Å². The highest BCUT2D eigenvalue weighted by molar-refractivity contribution is 7.80. The Morgan fingerprint density at radius 3 is 2.95 bits per heavy atom. The van der Waals surface area contributed by atoms with Gasteiger partial charge in [0, 0.05) is 18.4 Å². The van der Waals surface area contributed by atoms with Crippen LogP contribution in [0.1, 0.15) is 18.5 Å². The van der Waals surface area contributed by atoms with E-state index >= 15 is 0 Å². The molecular formula is C15H16N4O2S. The van der Waals surface area contributed by atoms with Gasteiger partial charge in [-0.15, -0.1) is 12.6 Å². The summed E-state index contributed by atoms with van der Waals surface area (Å²) in [6.07, 6.45) is 0.649. The number of para-hydroxylation sites is 1. The summed E-state index contributed by atoms with van der Waals surface area (Å²) < 4.78 is 0. The average molecular weight is 316 g/mol. The highest BCUT2D eigenvalue weighted by Crippen LogP contribution is 2.18. The van der Waals surface area contributed by atoms with Gasteiger partial charge < -0.3 is 10.0 Å². The van der Waals surface area contributed by atoms with Crippen LogP contribution in [0.2, 0.25) is 0 Å². The van der Waals surface area contributed by atoms with E-state index < -0.39 is 5.97 Å². The fourth-order valence-electron chi connectivity index (χ4n) is 2.39. The fraction of sp³-hybridized carbons (Fsp3) is 0.267. The van der Waals surface area contributed by atoms with E-state index in [2.05, 4.69) is 28.1 Å². The SMILES string of the molecule is O=C(O)CCCN1C(c2ccc3ccccc3n2)=NNC1S. The maximum atomic E-state index is 10.7. The molecular weight excluding hydrogens is 300 g/mol. The molecule has 22 heavy (non-hydrogen) atoms. The number of aliphatic carboxylic acids is 1. The number of nitrogens with one attached hydrogen (secondary N) is 1. The van der Waals surface area contributed by atoms with Gasteiger partial charge in [-0.25, -0.2) is 4.98 Å². The normalized spacial score (nSPS) is 17.4.